The van der Waals surface area contributed by atoms with Crippen LogP contribution in [0.3, 0.4) is 0 Å². The van der Waals surface area contributed by atoms with Crippen molar-refractivity contribution in [2.75, 3.05) is 11.9 Å². The van der Waals surface area contributed by atoms with Gasteiger partial charge in [-0.2, -0.15) is 0 Å². The molecule has 1 aromatic heterocycles. The number of nitrogens with one attached hydrogen (secondary N) is 1. The summed E-state index contributed by atoms with van der Waals surface area (Å²) in [4.78, 5) is 32.0. The Morgan fingerprint density at radius 1 is 1.19 bits per heavy atom. The van der Waals surface area contributed by atoms with Crippen molar-refractivity contribution >= 4 is 17.5 Å². The minimum atomic E-state index is 0.0597. The Labute approximate surface area is 185 Å². The Kier molecular flexibility index (Phi) is 4.98. The van der Waals surface area contributed by atoms with E-state index in [1.807, 2.05) is 18.2 Å². The molecule has 166 valence electrons. The first kappa shape index (κ1) is 20.7. The number of anilines is 1. The fourth-order valence-electron chi connectivity index (χ4n) is 8.07. The first-order valence-electron chi connectivity index (χ1n) is 12.1. The lowest BCUT2D eigenvalue weighted by Crippen LogP contribution is -2.60. The molecule has 3 aliphatic carbocycles. The second-order valence-corrected chi connectivity index (χ2v) is 10.7. The molecule has 31 heavy (non-hydrogen) atoms. The molecule has 0 radical (unpaired) electrons. The maximum Gasteiger partial charge on any atom is 0.246 e. The molecule has 5 nitrogen and oxygen atoms in total. The highest BCUT2D eigenvalue weighted by molar-refractivity contribution is 5.93. The van der Waals surface area contributed by atoms with Crippen molar-refractivity contribution in [1.29, 1.82) is 0 Å². The van der Waals surface area contributed by atoms with Crippen LogP contribution in [0.5, 0.6) is 0 Å². The number of aromatic nitrogens is 1. The predicted molar refractivity (Wildman–Crippen MR) is 121 cm³/mol. The van der Waals surface area contributed by atoms with Crippen LogP contribution in [0.15, 0.2) is 36.7 Å². The summed E-state index contributed by atoms with van der Waals surface area (Å²) in [6, 6.07) is 4.10. The molecule has 1 aliphatic heterocycles. The van der Waals surface area contributed by atoms with Crippen molar-refractivity contribution in [2.45, 2.75) is 65.3 Å². The molecule has 4 aliphatic rings. The quantitative estimate of drug-likeness (QED) is 0.772. The van der Waals surface area contributed by atoms with Crippen molar-refractivity contribution in [3.63, 3.8) is 0 Å². The molecule has 7 atom stereocenters. The number of carbonyl (C=O) groups is 2. The molecule has 0 spiro atoms. The highest BCUT2D eigenvalue weighted by Crippen LogP contribution is 2.65. The third-order valence-electron chi connectivity index (χ3n) is 9.56. The van der Waals surface area contributed by atoms with Gasteiger partial charge in [-0.25, -0.2) is 0 Å². The minimum Gasteiger partial charge on any atom is -0.336 e. The summed E-state index contributed by atoms with van der Waals surface area (Å²) in [5, 5.41) is 3.13. The fourth-order valence-corrected chi connectivity index (χ4v) is 8.07. The van der Waals surface area contributed by atoms with Crippen LogP contribution in [0.1, 0.15) is 59.3 Å². The van der Waals surface area contributed by atoms with Crippen LogP contribution in [0.2, 0.25) is 0 Å². The molecule has 0 bridgehead atoms. The number of pyridine rings is 1. The SMILES string of the molecule is CCN1C(=O)C=C[C@]2(C)[C@H]3CC[C@]4(C)[C@@H](C(=O)Nc5cccnc5)CC[C@H]4[C@@H]3CC[C@@H]12. The van der Waals surface area contributed by atoms with E-state index >= 15 is 0 Å². The van der Waals surface area contributed by atoms with Gasteiger partial charge in [0, 0.05) is 30.1 Å². The molecule has 0 aromatic carbocycles. The normalized spacial score (nSPS) is 41.3. The highest BCUT2D eigenvalue weighted by Gasteiger charge is 2.61. The van der Waals surface area contributed by atoms with Crippen molar-refractivity contribution in [3.8, 4) is 0 Å². The van der Waals surface area contributed by atoms with Crippen LogP contribution in [0, 0.1) is 34.5 Å². The van der Waals surface area contributed by atoms with Gasteiger partial charge in [0.1, 0.15) is 0 Å². The first-order chi connectivity index (χ1) is 14.9. The van der Waals surface area contributed by atoms with E-state index in [0.717, 1.165) is 44.3 Å². The Morgan fingerprint density at radius 3 is 2.77 bits per heavy atom. The second-order valence-electron chi connectivity index (χ2n) is 10.7. The number of likely N-dealkylation sites (N-methyl/N-ethyl adjacent to an activating group) is 1. The van der Waals surface area contributed by atoms with Gasteiger partial charge in [-0.15, -0.1) is 0 Å². The number of fused-ring (bicyclic) bond motifs is 5. The molecule has 2 amide bonds. The molecule has 0 saturated heterocycles. The maximum absolute atomic E-state index is 13.2. The lowest BCUT2D eigenvalue weighted by molar-refractivity contribution is -0.143. The molecule has 1 aromatic rings. The molecule has 2 heterocycles. The number of nitrogens with zero attached hydrogens (tertiary/aromatic N) is 2. The van der Waals surface area contributed by atoms with Gasteiger partial charge in [-0.05, 0) is 86.8 Å². The van der Waals surface area contributed by atoms with Crippen molar-refractivity contribution in [3.05, 3.63) is 36.7 Å². The van der Waals surface area contributed by atoms with E-state index in [9.17, 15) is 9.59 Å². The average molecular weight is 422 g/mol. The third-order valence-corrected chi connectivity index (χ3v) is 9.56. The van der Waals surface area contributed by atoms with Crippen LogP contribution in [-0.2, 0) is 9.59 Å². The highest BCUT2D eigenvalue weighted by atomic mass is 16.2. The Balaban J connectivity index is 1.38. The fraction of sp³-hybridized carbons (Fsp3) is 0.654. The lowest BCUT2D eigenvalue weighted by Gasteiger charge is -2.60. The van der Waals surface area contributed by atoms with Gasteiger partial charge in [0.05, 0.1) is 11.9 Å². The van der Waals surface area contributed by atoms with Gasteiger partial charge >= 0.3 is 0 Å². The first-order valence-corrected chi connectivity index (χ1v) is 12.1. The standard InChI is InChI=1S/C26H35N3O2/c1-4-29-22-10-7-18-19-8-9-21(24(31)28-17-6-5-15-27-16-17)25(19,2)13-11-20(18)26(22,3)14-12-23(29)30/h5-6,12,14-16,18-22H,4,7-11,13H2,1-3H3,(H,28,31)/t18-,19-,20-,21+,22+,25-,26+/m0/s1. The maximum atomic E-state index is 13.2. The van der Waals surface area contributed by atoms with Gasteiger partial charge in [-0.3, -0.25) is 14.6 Å². The van der Waals surface area contributed by atoms with Gasteiger partial charge in [0.2, 0.25) is 11.8 Å². The summed E-state index contributed by atoms with van der Waals surface area (Å²) in [6.45, 7) is 7.66. The molecular formula is C26H35N3O2. The predicted octanol–water partition coefficient (Wildman–Crippen LogP) is 4.67. The van der Waals surface area contributed by atoms with Gasteiger partial charge in [0.25, 0.3) is 0 Å². The molecule has 0 unspecified atom stereocenters. The smallest absolute Gasteiger partial charge is 0.246 e. The zero-order chi connectivity index (χ0) is 21.8. The summed E-state index contributed by atoms with van der Waals surface area (Å²) < 4.78 is 0. The van der Waals surface area contributed by atoms with Crippen molar-refractivity contribution in [2.24, 2.45) is 34.5 Å². The number of rotatable bonds is 3. The summed E-state index contributed by atoms with van der Waals surface area (Å²) in [5.74, 6) is 2.25. The van der Waals surface area contributed by atoms with Crippen LogP contribution in [-0.4, -0.2) is 34.3 Å². The zero-order valence-electron chi connectivity index (χ0n) is 19.0. The monoisotopic (exact) mass is 421 g/mol. The van der Waals surface area contributed by atoms with Crippen LogP contribution in [0.4, 0.5) is 5.69 Å². The van der Waals surface area contributed by atoms with E-state index in [0.29, 0.717) is 23.8 Å². The Hall–Kier alpha value is -2.17. The summed E-state index contributed by atoms with van der Waals surface area (Å²) in [6.07, 6.45) is 14.2. The number of hydrogen-bond acceptors (Lipinski definition) is 3. The zero-order valence-corrected chi connectivity index (χ0v) is 19.0. The number of hydrogen-bond donors (Lipinski definition) is 1. The molecular weight excluding hydrogens is 386 g/mol. The third kappa shape index (κ3) is 3.07. The molecule has 1 N–H and O–H groups in total. The van der Waals surface area contributed by atoms with E-state index < -0.39 is 0 Å². The van der Waals surface area contributed by atoms with Gasteiger partial charge in [-0.1, -0.05) is 19.9 Å². The van der Waals surface area contributed by atoms with Crippen molar-refractivity contribution in [1.82, 2.24) is 9.88 Å². The number of carbonyl (C=O) groups excluding carboxylic acids is 2. The minimum absolute atomic E-state index is 0.0597. The van der Waals surface area contributed by atoms with Gasteiger partial charge in [0.15, 0.2) is 0 Å². The van der Waals surface area contributed by atoms with Crippen LogP contribution >= 0.6 is 0 Å². The van der Waals surface area contributed by atoms with Crippen molar-refractivity contribution < 1.29 is 9.59 Å². The van der Waals surface area contributed by atoms with E-state index in [1.165, 1.54) is 6.42 Å². The van der Waals surface area contributed by atoms with E-state index in [4.69, 9.17) is 0 Å². The van der Waals surface area contributed by atoms with E-state index in [1.54, 1.807) is 12.4 Å². The van der Waals surface area contributed by atoms with E-state index in [2.05, 4.69) is 42.0 Å². The molecule has 3 saturated carbocycles. The number of amides is 2. The van der Waals surface area contributed by atoms with Crippen LogP contribution in [0.25, 0.3) is 0 Å². The second kappa shape index (κ2) is 7.46. The molecule has 5 heteroatoms. The summed E-state index contributed by atoms with van der Waals surface area (Å²) in [7, 11) is 0. The van der Waals surface area contributed by atoms with Crippen LogP contribution < -0.4 is 5.32 Å². The largest absolute Gasteiger partial charge is 0.336 e. The average Bonchev–Trinajstić information content (AvgIpc) is 3.12. The van der Waals surface area contributed by atoms with E-state index in [-0.39, 0.29) is 28.6 Å². The molecule has 5 rings (SSSR count). The van der Waals surface area contributed by atoms with Gasteiger partial charge < -0.3 is 10.2 Å². The Morgan fingerprint density at radius 2 is 2.03 bits per heavy atom. The summed E-state index contributed by atoms with van der Waals surface area (Å²) in [5.41, 5.74) is 0.914. The lowest BCUT2D eigenvalue weighted by atomic mass is 9.47. The summed E-state index contributed by atoms with van der Waals surface area (Å²) >= 11 is 0. The Bertz CT molecular complexity index is 899. The topological polar surface area (TPSA) is 62.3 Å². The molecule has 3 fully saturated rings.